The number of hydrogen-bond acceptors (Lipinski definition) is 3. The van der Waals surface area contributed by atoms with Gasteiger partial charge in [0.05, 0.1) is 11.6 Å². The zero-order valence-corrected chi connectivity index (χ0v) is 8.38. The van der Waals surface area contributed by atoms with Gasteiger partial charge in [-0.3, -0.25) is 11.3 Å². The lowest BCUT2D eigenvalue weighted by Gasteiger charge is -2.32. The Morgan fingerprint density at radius 3 is 3.00 bits per heavy atom. The van der Waals surface area contributed by atoms with Crippen molar-refractivity contribution in [3.8, 4) is 0 Å². The summed E-state index contributed by atoms with van der Waals surface area (Å²) in [7, 11) is 0. The zero-order valence-electron chi connectivity index (χ0n) is 8.38. The van der Waals surface area contributed by atoms with E-state index >= 15 is 0 Å². The molecule has 0 aliphatic carbocycles. The van der Waals surface area contributed by atoms with Crippen LogP contribution < -0.4 is 11.3 Å². The molecule has 1 fully saturated rings. The fourth-order valence-corrected chi connectivity index (χ4v) is 1.92. The minimum absolute atomic E-state index is 0.0717. The third kappa shape index (κ3) is 2.53. The molecular weight excluding hydrogens is 164 g/mol. The molecule has 0 spiro atoms. The van der Waals surface area contributed by atoms with E-state index in [2.05, 4.69) is 18.9 Å². The maximum Gasteiger partial charge on any atom is 0.0821 e. The number of nitrogens with one attached hydrogen (secondary N) is 1. The number of hydrazine groups is 1. The summed E-state index contributed by atoms with van der Waals surface area (Å²) < 4.78 is 5.71. The minimum atomic E-state index is -0.0717. The Kier molecular flexibility index (Phi) is 3.90. The van der Waals surface area contributed by atoms with Crippen LogP contribution in [0.25, 0.3) is 0 Å². The highest BCUT2D eigenvalue weighted by atomic mass is 16.5. The van der Waals surface area contributed by atoms with Gasteiger partial charge >= 0.3 is 0 Å². The maximum atomic E-state index is 5.71. The Labute approximate surface area is 80.3 Å². The summed E-state index contributed by atoms with van der Waals surface area (Å²) in [6, 6.07) is 0.244. The van der Waals surface area contributed by atoms with E-state index in [1.807, 2.05) is 6.08 Å². The van der Waals surface area contributed by atoms with Crippen LogP contribution in [0.1, 0.15) is 32.6 Å². The van der Waals surface area contributed by atoms with Gasteiger partial charge in [-0.2, -0.15) is 0 Å². The van der Waals surface area contributed by atoms with Crippen molar-refractivity contribution in [2.24, 2.45) is 5.84 Å². The summed E-state index contributed by atoms with van der Waals surface area (Å²) in [6.07, 6.45) is 6.13. The standard InChI is InChI=1S/C10H20N2O/c1-3-4-6-9(12-11)10(2)7-5-8-13-10/h3,9,12H,1,4-8,11H2,2H3. The van der Waals surface area contributed by atoms with Crippen molar-refractivity contribution in [1.82, 2.24) is 5.43 Å². The second-order valence-electron chi connectivity index (χ2n) is 3.85. The first-order valence-electron chi connectivity index (χ1n) is 4.94. The first kappa shape index (κ1) is 10.7. The smallest absolute Gasteiger partial charge is 0.0821 e. The van der Waals surface area contributed by atoms with Crippen LogP contribution in [-0.2, 0) is 4.74 Å². The Balaban J connectivity index is 2.47. The maximum absolute atomic E-state index is 5.71. The highest BCUT2D eigenvalue weighted by Crippen LogP contribution is 2.30. The van der Waals surface area contributed by atoms with Crippen LogP contribution in [0.15, 0.2) is 12.7 Å². The highest BCUT2D eigenvalue weighted by Gasteiger charge is 2.37. The van der Waals surface area contributed by atoms with E-state index in [0.717, 1.165) is 32.3 Å². The van der Waals surface area contributed by atoms with Crippen LogP contribution in [0.2, 0.25) is 0 Å². The molecule has 3 N–H and O–H groups in total. The van der Waals surface area contributed by atoms with E-state index < -0.39 is 0 Å². The van der Waals surface area contributed by atoms with E-state index in [4.69, 9.17) is 10.6 Å². The van der Waals surface area contributed by atoms with E-state index in [1.165, 1.54) is 0 Å². The van der Waals surface area contributed by atoms with Crippen LogP contribution in [0.5, 0.6) is 0 Å². The van der Waals surface area contributed by atoms with E-state index in [0.29, 0.717) is 0 Å². The molecule has 3 heteroatoms. The molecule has 1 aliphatic rings. The number of ether oxygens (including phenoxy) is 1. The average molecular weight is 184 g/mol. The van der Waals surface area contributed by atoms with Crippen molar-refractivity contribution in [2.75, 3.05) is 6.61 Å². The van der Waals surface area contributed by atoms with Gasteiger partial charge in [-0.1, -0.05) is 6.08 Å². The van der Waals surface area contributed by atoms with Gasteiger partial charge in [-0.15, -0.1) is 6.58 Å². The molecule has 2 unspecified atom stereocenters. The molecule has 2 atom stereocenters. The third-order valence-corrected chi connectivity index (χ3v) is 2.85. The average Bonchev–Trinajstić information content (AvgIpc) is 2.54. The Morgan fingerprint density at radius 2 is 2.54 bits per heavy atom. The number of nitrogens with two attached hydrogens (primary N) is 1. The van der Waals surface area contributed by atoms with Crippen molar-refractivity contribution in [3.05, 3.63) is 12.7 Å². The highest BCUT2D eigenvalue weighted by molar-refractivity contribution is 4.92. The quantitative estimate of drug-likeness (QED) is 0.385. The van der Waals surface area contributed by atoms with Gasteiger partial charge < -0.3 is 4.74 Å². The Bertz CT molecular complexity index is 164. The van der Waals surface area contributed by atoms with Crippen molar-refractivity contribution < 1.29 is 4.74 Å². The fraction of sp³-hybridized carbons (Fsp3) is 0.800. The van der Waals surface area contributed by atoms with Gasteiger partial charge in [-0.05, 0) is 32.6 Å². The van der Waals surface area contributed by atoms with Crippen LogP contribution in [0, 0.1) is 0 Å². The first-order valence-corrected chi connectivity index (χ1v) is 4.94. The molecular formula is C10H20N2O. The molecule has 13 heavy (non-hydrogen) atoms. The zero-order chi connectivity index (χ0) is 9.73. The lowest BCUT2D eigenvalue weighted by molar-refractivity contribution is -0.0136. The number of rotatable bonds is 5. The fourth-order valence-electron chi connectivity index (χ4n) is 1.92. The molecule has 1 aliphatic heterocycles. The molecule has 0 amide bonds. The summed E-state index contributed by atoms with van der Waals surface area (Å²) in [4.78, 5) is 0. The topological polar surface area (TPSA) is 47.3 Å². The van der Waals surface area contributed by atoms with Gasteiger partial charge in [0.1, 0.15) is 0 Å². The second kappa shape index (κ2) is 4.74. The lowest BCUT2D eigenvalue weighted by atomic mass is 9.90. The predicted molar refractivity (Wildman–Crippen MR) is 54.1 cm³/mol. The Morgan fingerprint density at radius 1 is 1.77 bits per heavy atom. The molecule has 1 rings (SSSR count). The summed E-state index contributed by atoms with van der Waals surface area (Å²) in [5.74, 6) is 5.51. The van der Waals surface area contributed by atoms with Crippen molar-refractivity contribution >= 4 is 0 Å². The minimum Gasteiger partial charge on any atom is -0.374 e. The van der Waals surface area contributed by atoms with Gasteiger partial charge in [0, 0.05) is 6.61 Å². The molecule has 0 aromatic heterocycles. The van der Waals surface area contributed by atoms with Crippen LogP contribution in [0.4, 0.5) is 0 Å². The molecule has 0 radical (unpaired) electrons. The van der Waals surface area contributed by atoms with Crippen LogP contribution in [-0.4, -0.2) is 18.2 Å². The van der Waals surface area contributed by atoms with Gasteiger partial charge in [0.15, 0.2) is 0 Å². The summed E-state index contributed by atoms with van der Waals surface area (Å²) in [6.45, 7) is 6.70. The van der Waals surface area contributed by atoms with Crippen LogP contribution >= 0.6 is 0 Å². The molecule has 3 nitrogen and oxygen atoms in total. The van der Waals surface area contributed by atoms with Gasteiger partial charge in [-0.25, -0.2) is 0 Å². The molecule has 1 heterocycles. The molecule has 0 saturated carbocycles. The summed E-state index contributed by atoms with van der Waals surface area (Å²) >= 11 is 0. The molecule has 1 saturated heterocycles. The summed E-state index contributed by atoms with van der Waals surface area (Å²) in [5.41, 5.74) is 2.77. The van der Waals surface area contributed by atoms with Crippen molar-refractivity contribution in [3.63, 3.8) is 0 Å². The van der Waals surface area contributed by atoms with E-state index in [1.54, 1.807) is 0 Å². The molecule has 76 valence electrons. The lowest BCUT2D eigenvalue weighted by Crippen LogP contribution is -2.51. The molecule has 0 aromatic carbocycles. The normalized spacial score (nSPS) is 30.3. The Hall–Kier alpha value is -0.380. The van der Waals surface area contributed by atoms with Gasteiger partial charge in [0.2, 0.25) is 0 Å². The third-order valence-electron chi connectivity index (χ3n) is 2.85. The van der Waals surface area contributed by atoms with Crippen molar-refractivity contribution in [1.29, 1.82) is 0 Å². The second-order valence-corrected chi connectivity index (χ2v) is 3.85. The van der Waals surface area contributed by atoms with E-state index in [-0.39, 0.29) is 11.6 Å². The largest absolute Gasteiger partial charge is 0.374 e. The number of hydrogen-bond donors (Lipinski definition) is 2. The summed E-state index contributed by atoms with van der Waals surface area (Å²) in [5, 5.41) is 0. The molecule has 0 bridgehead atoms. The predicted octanol–water partition coefficient (Wildman–Crippen LogP) is 1.35. The van der Waals surface area contributed by atoms with E-state index in [9.17, 15) is 0 Å². The SMILES string of the molecule is C=CCCC(NN)C1(C)CCCO1. The van der Waals surface area contributed by atoms with Crippen LogP contribution in [0.3, 0.4) is 0 Å². The number of allylic oxidation sites excluding steroid dienone is 1. The molecule has 0 aromatic rings. The van der Waals surface area contributed by atoms with Gasteiger partial charge in [0.25, 0.3) is 0 Å². The monoisotopic (exact) mass is 184 g/mol. The first-order chi connectivity index (χ1) is 6.23. The van der Waals surface area contributed by atoms with Crippen molar-refractivity contribution in [2.45, 2.75) is 44.2 Å².